The van der Waals surface area contributed by atoms with Crippen molar-refractivity contribution in [2.45, 2.75) is 0 Å². The van der Waals surface area contributed by atoms with Gasteiger partial charge in [0.15, 0.2) is 17.2 Å². The van der Waals surface area contributed by atoms with Gasteiger partial charge in [0.1, 0.15) is 5.52 Å². The number of carbonyl (C=O) groups excluding carboxylic acids is 2. The molecule has 68 valence electrons. The lowest BCUT2D eigenvalue weighted by Crippen LogP contribution is -2.13. The molecule has 0 aliphatic carbocycles. The SMILES string of the molecule is O=C1Nc2nc3cc[nH]c3nc2C1=O. The third-order valence-electron chi connectivity index (χ3n) is 2.04. The largest absolute Gasteiger partial charge is 0.345 e. The molecule has 0 saturated carbocycles. The highest BCUT2D eigenvalue weighted by atomic mass is 16.2. The highest BCUT2D eigenvalue weighted by Crippen LogP contribution is 2.20. The minimum atomic E-state index is -0.673. The minimum Gasteiger partial charge on any atom is -0.345 e. The molecule has 0 atom stereocenters. The van der Waals surface area contributed by atoms with Gasteiger partial charge in [0, 0.05) is 6.20 Å². The third-order valence-corrected chi connectivity index (χ3v) is 2.04. The Hall–Kier alpha value is -2.24. The van der Waals surface area contributed by atoms with Crippen molar-refractivity contribution < 1.29 is 9.59 Å². The van der Waals surface area contributed by atoms with Gasteiger partial charge in [-0.2, -0.15) is 0 Å². The lowest BCUT2D eigenvalue weighted by Gasteiger charge is -1.94. The van der Waals surface area contributed by atoms with Crippen LogP contribution in [0.3, 0.4) is 0 Å². The fourth-order valence-corrected chi connectivity index (χ4v) is 1.39. The maximum atomic E-state index is 11.2. The number of aromatic nitrogens is 3. The number of carbonyl (C=O) groups is 2. The number of rotatable bonds is 0. The Labute approximate surface area is 77.4 Å². The van der Waals surface area contributed by atoms with E-state index in [0.717, 1.165) is 0 Å². The van der Waals surface area contributed by atoms with Gasteiger partial charge in [-0.05, 0) is 6.07 Å². The van der Waals surface area contributed by atoms with Gasteiger partial charge >= 0.3 is 0 Å². The van der Waals surface area contributed by atoms with Crippen LogP contribution in [0.1, 0.15) is 10.5 Å². The molecule has 0 unspecified atom stereocenters. The summed E-state index contributed by atoms with van der Waals surface area (Å²) in [6.45, 7) is 0. The van der Waals surface area contributed by atoms with E-state index in [0.29, 0.717) is 11.2 Å². The maximum absolute atomic E-state index is 11.2. The van der Waals surface area contributed by atoms with E-state index < -0.39 is 11.7 Å². The summed E-state index contributed by atoms with van der Waals surface area (Å²) in [4.78, 5) is 33.1. The molecule has 1 aliphatic heterocycles. The standard InChI is InChI=1S/C8H4N4O2/c13-5-4-7(12-8(5)14)10-3-1-2-9-6(3)11-4/h1-2H,(H,9,11)(H,10,12,13,14). The Morgan fingerprint density at radius 1 is 1.21 bits per heavy atom. The van der Waals surface area contributed by atoms with Crippen LogP contribution in [0.15, 0.2) is 12.3 Å². The van der Waals surface area contributed by atoms with Crippen molar-refractivity contribution in [2.75, 3.05) is 5.32 Å². The number of H-pyrrole nitrogens is 1. The van der Waals surface area contributed by atoms with Gasteiger partial charge in [-0.25, -0.2) is 9.97 Å². The molecule has 1 aliphatic rings. The molecule has 0 spiro atoms. The summed E-state index contributed by atoms with van der Waals surface area (Å²) < 4.78 is 0. The van der Waals surface area contributed by atoms with E-state index in [1.54, 1.807) is 12.3 Å². The van der Waals surface area contributed by atoms with E-state index >= 15 is 0 Å². The summed E-state index contributed by atoms with van der Waals surface area (Å²) in [5.41, 5.74) is 1.22. The molecule has 6 heteroatoms. The second-order valence-corrected chi connectivity index (χ2v) is 2.92. The maximum Gasteiger partial charge on any atom is 0.299 e. The van der Waals surface area contributed by atoms with Crippen LogP contribution in [-0.2, 0) is 4.79 Å². The van der Waals surface area contributed by atoms with E-state index in [2.05, 4.69) is 20.3 Å². The van der Waals surface area contributed by atoms with E-state index in [1.165, 1.54) is 0 Å². The zero-order valence-corrected chi connectivity index (χ0v) is 6.87. The van der Waals surface area contributed by atoms with Gasteiger partial charge in [-0.15, -0.1) is 0 Å². The summed E-state index contributed by atoms with van der Waals surface area (Å²) in [6.07, 6.45) is 1.67. The first kappa shape index (κ1) is 7.19. The average molecular weight is 188 g/mol. The first-order chi connectivity index (χ1) is 6.75. The molecule has 0 saturated heterocycles. The Bertz CT molecular complexity index is 572. The summed E-state index contributed by atoms with van der Waals surface area (Å²) in [5, 5.41) is 2.35. The number of nitrogens with one attached hydrogen (secondary N) is 2. The highest BCUT2D eigenvalue weighted by molar-refractivity contribution is 6.50. The summed E-state index contributed by atoms with van der Waals surface area (Å²) in [5.74, 6) is -1.07. The number of Topliss-reactive ketones (excluding diaryl/α,β-unsaturated/α-hetero) is 1. The topological polar surface area (TPSA) is 87.7 Å². The van der Waals surface area contributed by atoms with Crippen LogP contribution in [0.4, 0.5) is 5.82 Å². The van der Waals surface area contributed by atoms with Crippen molar-refractivity contribution in [3.8, 4) is 0 Å². The lowest BCUT2D eigenvalue weighted by atomic mass is 10.3. The Morgan fingerprint density at radius 3 is 2.93 bits per heavy atom. The molecule has 0 fully saturated rings. The Kier molecular flexibility index (Phi) is 1.11. The zero-order valence-electron chi connectivity index (χ0n) is 6.87. The van der Waals surface area contributed by atoms with Crippen molar-refractivity contribution in [3.05, 3.63) is 18.0 Å². The van der Waals surface area contributed by atoms with Crippen LogP contribution in [0, 0.1) is 0 Å². The average Bonchev–Trinajstić information content (AvgIpc) is 2.70. The number of anilines is 1. The van der Waals surface area contributed by atoms with Crippen molar-refractivity contribution in [1.29, 1.82) is 0 Å². The fraction of sp³-hybridized carbons (Fsp3) is 0. The van der Waals surface area contributed by atoms with Crippen LogP contribution in [0.5, 0.6) is 0 Å². The van der Waals surface area contributed by atoms with Crippen LogP contribution in [0.2, 0.25) is 0 Å². The van der Waals surface area contributed by atoms with Gasteiger partial charge in [0.05, 0.1) is 0 Å². The predicted molar refractivity (Wildman–Crippen MR) is 46.8 cm³/mol. The molecule has 6 nitrogen and oxygen atoms in total. The van der Waals surface area contributed by atoms with Crippen molar-refractivity contribution >= 4 is 28.7 Å². The molecule has 0 radical (unpaired) electrons. The molecule has 3 rings (SSSR count). The quantitative estimate of drug-likeness (QED) is 0.573. The lowest BCUT2D eigenvalue weighted by molar-refractivity contribution is -0.112. The molecule has 14 heavy (non-hydrogen) atoms. The molecule has 1 amide bonds. The smallest absolute Gasteiger partial charge is 0.299 e. The second-order valence-electron chi connectivity index (χ2n) is 2.92. The second kappa shape index (κ2) is 2.16. The molecule has 2 aromatic rings. The minimum absolute atomic E-state index is 0.0879. The van der Waals surface area contributed by atoms with Crippen LogP contribution in [0.25, 0.3) is 11.2 Å². The van der Waals surface area contributed by atoms with Gasteiger partial charge in [0.25, 0.3) is 11.7 Å². The first-order valence-corrected chi connectivity index (χ1v) is 3.96. The molecule has 2 aromatic heterocycles. The van der Waals surface area contributed by atoms with Crippen molar-refractivity contribution in [3.63, 3.8) is 0 Å². The van der Waals surface area contributed by atoms with E-state index in [9.17, 15) is 9.59 Å². The number of amides is 1. The number of ketones is 1. The molecular weight excluding hydrogens is 184 g/mol. The number of nitrogens with zero attached hydrogens (tertiary/aromatic N) is 2. The Morgan fingerprint density at radius 2 is 2.07 bits per heavy atom. The number of aromatic amines is 1. The number of hydrogen-bond acceptors (Lipinski definition) is 4. The Balaban J connectivity index is 2.37. The predicted octanol–water partition coefficient (Wildman–Crippen LogP) is 0.0927. The van der Waals surface area contributed by atoms with Crippen LogP contribution < -0.4 is 5.32 Å². The molecule has 0 aromatic carbocycles. The monoisotopic (exact) mass is 188 g/mol. The number of hydrogen-bond donors (Lipinski definition) is 2. The van der Waals surface area contributed by atoms with E-state index in [4.69, 9.17) is 0 Å². The van der Waals surface area contributed by atoms with Gasteiger partial charge < -0.3 is 10.3 Å². The van der Waals surface area contributed by atoms with E-state index in [-0.39, 0.29) is 11.5 Å². The number of fused-ring (bicyclic) bond motifs is 2. The van der Waals surface area contributed by atoms with Crippen LogP contribution in [-0.4, -0.2) is 26.6 Å². The molecule has 0 bridgehead atoms. The third kappa shape index (κ3) is 0.743. The summed E-state index contributed by atoms with van der Waals surface area (Å²) >= 11 is 0. The van der Waals surface area contributed by atoms with E-state index in [1.807, 2.05) is 0 Å². The fourth-order valence-electron chi connectivity index (χ4n) is 1.39. The van der Waals surface area contributed by atoms with Gasteiger partial charge in [-0.1, -0.05) is 0 Å². The molecule has 2 N–H and O–H groups in total. The van der Waals surface area contributed by atoms with Gasteiger partial charge in [-0.3, -0.25) is 9.59 Å². The first-order valence-electron chi connectivity index (χ1n) is 3.96. The van der Waals surface area contributed by atoms with Crippen molar-refractivity contribution in [1.82, 2.24) is 15.0 Å². The summed E-state index contributed by atoms with van der Waals surface area (Å²) in [6, 6.07) is 1.72. The molecule has 3 heterocycles. The highest BCUT2D eigenvalue weighted by Gasteiger charge is 2.31. The normalized spacial score (nSPS) is 14.6. The zero-order chi connectivity index (χ0) is 9.71. The van der Waals surface area contributed by atoms with Gasteiger partial charge in [0.2, 0.25) is 0 Å². The van der Waals surface area contributed by atoms with Crippen LogP contribution >= 0.6 is 0 Å². The summed E-state index contributed by atoms with van der Waals surface area (Å²) in [7, 11) is 0. The van der Waals surface area contributed by atoms with Crippen molar-refractivity contribution in [2.24, 2.45) is 0 Å². The molecular formula is C8H4N4O2.